The minimum absolute atomic E-state index is 0.113. The fourth-order valence-corrected chi connectivity index (χ4v) is 4.53. The van der Waals surface area contributed by atoms with Crippen molar-refractivity contribution >= 4 is 23.0 Å². The lowest BCUT2D eigenvalue weighted by Crippen LogP contribution is -2.29. The van der Waals surface area contributed by atoms with E-state index in [4.69, 9.17) is 0 Å². The number of aromatic nitrogens is 3. The number of hydrogen-bond donors (Lipinski definition) is 2. The molecule has 4 rings (SSSR count). The monoisotopic (exact) mass is 449 g/mol. The number of hydrogen-bond acceptors (Lipinski definition) is 7. The van der Waals surface area contributed by atoms with E-state index in [-0.39, 0.29) is 5.95 Å². The molecule has 1 aromatic carbocycles. The molecule has 1 unspecified atom stereocenters. The van der Waals surface area contributed by atoms with E-state index in [2.05, 4.69) is 25.2 Å². The Bertz CT molecular complexity index is 1080. The molecule has 1 saturated heterocycles. The number of nitrogens with one attached hydrogen (secondary N) is 1. The maximum atomic E-state index is 12.9. The first-order chi connectivity index (χ1) is 14.6. The van der Waals surface area contributed by atoms with Crippen LogP contribution in [0.4, 0.5) is 24.8 Å². The van der Waals surface area contributed by atoms with Crippen LogP contribution in [-0.2, 0) is 12.7 Å². The smallest absolute Gasteiger partial charge is 0.389 e. The van der Waals surface area contributed by atoms with Crippen molar-refractivity contribution in [2.24, 2.45) is 0 Å². The number of alkyl halides is 3. The van der Waals surface area contributed by atoms with Crippen LogP contribution in [0.15, 0.2) is 36.7 Å². The Morgan fingerprint density at radius 2 is 2.06 bits per heavy atom. The van der Waals surface area contributed by atoms with Crippen LogP contribution in [0.3, 0.4) is 0 Å². The Hall–Kier alpha value is -2.56. The lowest BCUT2D eigenvalue weighted by molar-refractivity contribution is -0.141. The quantitative estimate of drug-likeness (QED) is 0.592. The van der Waals surface area contributed by atoms with Crippen molar-refractivity contribution in [3.8, 4) is 10.4 Å². The number of aryl methyl sites for hydroxylation is 1. The third-order valence-corrected chi connectivity index (χ3v) is 6.04. The molecule has 1 atom stereocenters. The second kappa shape index (κ2) is 8.18. The fraction of sp³-hybridized carbons (Fsp3) is 0.381. The molecule has 0 bridgehead atoms. The van der Waals surface area contributed by atoms with Crippen molar-refractivity contribution < 1.29 is 18.3 Å². The first kappa shape index (κ1) is 21.7. The normalized spacial score (nSPS) is 19.7. The number of anilines is 2. The van der Waals surface area contributed by atoms with Gasteiger partial charge in [-0.15, -0.1) is 11.3 Å². The molecule has 2 N–H and O–H groups in total. The average molecular weight is 450 g/mol. The van der Waals surface area contributed by atoms with Gasteiger partial charge >= 0.3 is 6.18 Å². The summed E-state index contributed by atoms with van der Waals surface area (Å²) in [6.07, 6.45) is -0.900. The van der Waals surface area contributed by atoms with Crippen LogP contribution < -0.4 is 5.32 Å². The maximum absolute atomic E-state index is 12.9. The Labute approximate surface area is 181 Å². The molecule has 0 radical (unpaired) electrons. The van der Waals surface area contributed by atoms with Gasteiger partial charge in [-0.05, 0) is 49.6 Å². The number of aliphatic hydroxyl groups is 1. The summed E-state index contributed by atoms with van der Waals surface area (Å²) >= 11 is 1.56. The SMILES string of the molecule is Cc1cc(Nc2nccc(C(F)(F)F)n2)cc(-c2cnc(CN3CCC(C)(O)C3)s2)c1. The number of thiazole rings is 1. The predicted molar refractivity (Wildman–Crippen MR) is 113 cm³/mol. The summed E-state index contributed by atoms with van der Waals surface area (Å²) in [5.41, 5.74) is 0.803. The second-order valence-electron chi connectivity index (χ2n) is 8.05. The molecule has 1 aliphatic heterocycles. The van der Waals surface area contributed by atoms with E-state index in [0.717, 1.165) is 46.2 Å². The number of likely N-dealkylation sites (tertiary alicyclic amines) is 1. The largest absolute Gasteiger partial charge is 0.433 e. The topological polar surface area (TPSA) is 74.2 Å². The predicted octanol–water partition coefficient (Wildman–Crippen LogP) is 4.63. The van der Waals surface area contributed by atoms with Crippen molar-refractivity contribution in [2.75, 3.05) is 18.4 Å². The first-order valence-electron chi connectivity index (χ1n) is 9.76. The first-order valence-corrected chi connectivity index (χ1v) is 10.6. The molecular weight excluding hydrogens is 427 g/mol. The molecular formula is C21H22F3N5OS. The van der Waals surface area contributed by atoms with Crippen LogP contribution in [-0.4, -0.2) is 43.6 Å². The molecule has 0 aliphatic carbocycles. The van der Waals surface area contributed by atoms with E-state index in [1.807, 2.05) is 32.0 Å². The van der Waals surface area contributed by atoms with Gasteiger partial charge in [-0.2, -0.15) is 13.2 Å². The summed E-state index contributed by atoms with van der Waals surface area (Å²) in [5, 5.41) is 13.9. The van der Waals surface area contributed by atoms with Gasteiger partial charge in [0, 0.05) is 31.2 Å². The van der Waals surface area contributed by atoms with E-state index in [9.17, 15) is 18.3 Å². The van der Waals surface area contributed by atoms with Crippen LogP contribution in [0, 0.1) is 6.92 Å². The Morgan fingerprint density at radius 3 is 2.77 bits per heavy atom. The van der Waals surface area contributed by atoms with Crippen molar-refractivity contribution in [1.29, 1.82) is 0 Å². The average Bonchev–Trinajstić information content (AvgIpc) is 3.27. The van der Waals surface area contributed by atoms with Crippen molar-refractivity contribution in [3.63, 3.8) is 0 Å². The van der Waals surface area contributed by atoms with Crippen molar-refractivity contribution in [3.05, 3.63) is 52.9 Å². The molecule has 0 spiro atoms. The van der Waals surface area contributed by atoms with Gasteiger partial charge in [0.05, 0.1) is 17.0 Å². The highest BCUT2D eigenvalue weighted by Crippen LogP contribution is 2.32. The van der Waals surface area contributed by atoms with Gasteiger partial charge in [0.25, 0.3) is 0 Å². The zero-order valence-electron chi connectivity index (χ0n) is 17.1. The van der Waals surface area contributed by atoms with Gasteiger partial charge < -0.3 is 10.4 Å². The van der Waals surface area contributed by atoms with E-state index in [1.54, 1.807) is 17.5 Å². The maximum Gasteiger partial charge on any atom is 0.433 e. The van der Waals surface area contributed by atoms with Gasteiger partial charge in [0.1, 0.15) is 10.7 Å². The highest BCUT2D eigenvalue weighted by Gasteiger charge is 2.33. The molecule has 10 heteroatoms. The number of halogens is 3. The molecule has 3 aromatic rings. The van der Waals surface area contributed by atoms with Crippen LogP contribution in [0.25, 0.3) is 10.4 Å². The van der Waals surface area contributed by atoms with Gasteiger partial charge in [-0.1, -0.05) is 6.07 Å². The number of β-amino-alcohol motifs (C(OH)–C–C–N with tert-alkyl or cyclic N) is 1. The molecule has 3 heterocycles. The standard InChI is InChI=1S/C21H22F3N5OS/c1-13-7-14(16-10-26-18(31-16)11-29-6-4-20(2,30)12-29)9-15(8-13)27-19-25-5-3-17(28-19)21(22,23)24/h3,5,7-10,30H,4,6,11-12H2,1-2H3,(H,25,27,28). The molecule has 1 aliphatic rings. The Morgan fingerprint density at radius 1 is 1.26 bits per heavy atom. The van der Waals surface area contributed by atoms with Gasteiger partial charge in [0.15, 0.2) is 0 Å². The van der Waals surface area contributed by atoms with Crippen LogP contribution in [0.2, 0.25) is 0 Å². The Balaban J connectivity index is 1.52. The van der Waals surface area contributed by atoms with Crippen LogP contribution >= 0.6 is 11.3 Å². The lowest BCUT2D eigenvalue weighted by Gasteiger charge is -2.17. The van der Waals surface area contributed by atoms with Gasteiger partial charge in [0.2, 0.25) is 5.95 Å². The molecule has 0 amide bonds. The summed E-state index contributed by atoms with van der Waals surface area (Å²) in [6, 6.07) is 6.50. The van der Waals surface area contributed by atoms with E-state index < -0.39 is 17.5 Å². The third-order valence-electron chi connectivity index (χ3n) is 5.01. The lowest BCUT2D eigenvalue weighted by atomic mass is 10.1. The zero-order chi connectivity index (χ0) is 22.2. The van der Waals surface area contributed by atoms with E-state index in [0.29, 0.717) is 18.8 Å². The van der Waals surface area contributed by atoms with Crippen molar-refractivity contribution in [1.82, 2.24) is 19.9 Å². The summed E-state index contributed by atoms with van der Waals surface area (Å²) in [6.45, 7) is 5.89. The minimum Gasteiger partial charge on any atom is -0.389 e. The third kappa shape index (κ3) is 5.38. The molecule has 2 aromatic heterocycles. The van der Waals surface area contributed by atoms with E-state index >= 15 is 0 Å². The number of benzene rings is 1. The molecule has 0 saturated carbocycles. The summed E-state index contributed by atoms with van der Waals surface area (Å²) < 4.78 is 38.7. The van der Waals surface area contributed by atoms with E-state index in [1.165, 1.54) is 0 Å². The number of rotatable bonds is 5. The van der Waals surface area contributed by atoms with Gasteiger partial charge in [-0.25, -0.2) is 15.0 Å². The Kier molecular flexibility index (Phi) is 5.71. The molecule has 1 fully saturated rings. The highest BCUT2D eigenvalue weighted by atomic mass is 32.1. The molecule has 6 nitrogen and oxygen atoms in total. The van der Waals surface area contributed by atoms with Crippen LogP contribution in [0.5, 0.6) is 0 Å². The van der Waals surface area contributed by atoms with Gasteiger partial charge in [-0.3, -0.25) is 4.90 Å². The highest BCUT2D eigenvalue weighted by molar-refractivity contribution is 7.15. The summed E-state index contributed by atoms with van der Waals surface area (Å²) in [4.78, 5) is 15.1. The van der Waals surface area contributed by atoms with Crippen molar-refractivity contribution in [2.45, 2.75) is 38.6 Å². The summed E-state index contributed by atoms with van der Waals surface area (Å²) in [5.74, 6) is -0.113. The molecule has 31 heavy (non-hydrogen) atoms. The fourth-order valence-electron chi connectivity index (χ4n) is 3.59. The summed E-state index contributed by atoms with van der Waals surface area (Å²) in [7, 11) is 0. The minimum atomic E-state index is -4.53. The molecule has 164 valence electrons. The van der Waals surface area contributed by atoms with Crippen LogP contribution in [0.1, 0.15) is 29.6 Å². The second-order valence-corrected chi connectivity index (χ2v) is 9.17. The zero-order valence-corrected chi connectivity index (χ0v) is 17.9. The number of nitrogens with zero attached hydrogens (tertiary/aromatic N) is 4.